The molecule has 0 saturated carbocycles. The maximum absolute atomic E-state index is 2.62. The fourth-order valence-corrected chi connectivity index (χ4v) is 5.92. The summed E-state index contributed by atoms with van der Waals surface area (Å²) in [5.41, 5.74) is 4.69. The van der Waals surface area contributed by atoms with Gasteiger partial charge in [0.15, 0.2) is 0 Å². The Balaban J connectivity index is 0.00000180. The van der Waals surface area contributed by atoms with E-state index in [2.05, 4.69) is 83.8 Å². The fourth-order valence-electron chi connectivity index (χ4n) is 4.64. The third-order valence-corrected chi connectivity index (χ3v) is 7.14. The van der Waals surface area contributed by atoms with Gasteiger partial charge in [0.05, 0.1) is 0 Å². The van der Waals surface area contributed by atoms with Crippen LogP contribution >= 0.6 is 24.2 Å². The predicted octanol–water partition coefficient (Wildman–Crippen LogP) is 6.16. The molecule has 1 spiro atoms. The number of hydrogen-bond acceptors (Lipinski definition) is 2. The molecule has 1 fully saturated rings. The third-order valence-electron chi connectivity index (χ3n) is 5.98. The number of likely N-dealkylation sites (tertiary alicyclic amines) is 1. The van der Waals surface area contributed by atoms with Gasteiger partial charge >= 0.3 is 0 Å². The van der Waals surface area contributed by atoms with Crippen molar-refractivity contribution >= 4 is 24.2 Å². The number of halogens is 1. The largest absolute Gasteiger partial charge is 0.299 e. The number of nitrogens with zero attached hydrogens (tertiary/aromatic N) is 1. The molecule has 2 aliphatic rings. The molecule has 3 heteroatoms. The summed E-state index contributed by atoms with van der Waals surface area (Å²) in [5, 5.41) is 0. The highest BCUT2D eigenvalue weighted by Gasteiger charge is 2.42. The van der Waals surface area contributed by atoms with Gasteiger partial charge in [0.2, 0.25) is 0 Å². The van der Waals surface area contributed by atoms with Crippen LogP contribution in [0.1, 0.15) is 29.5 Å². The van der Waals surface area contributed by atoms with Crippen LogP contribution in [0.4, 0.5) is 0 Å². The Morgan fingerprint density at radius 2 is 1.22 bits per heavy atom. The summed E-state index contributed by atoms with van der Waals surface area (Å²) in [4.78, 5) is 5.51. The van der Waals surface area contributed by atoms with Crippen molar-refractivity contribution in [3.63, 3.8) is 0 Å². The van der Waals surface area contributed by atoms with Gasteiger partial charge in [0, 0.05) is 21.8 Å². The molecule has 1 nitrogen and oxygen atoms in total. The first-order chi connectivity index (χ1) is 12.9. The first kappa shape index (κ1) is 18.6. The standard InChI is InChI=1S/C24H23NS.ClH/c1-2-8-19(9-3-1)18-25-16-14-24(15-17-25)20-10-4-6-12-22(20)26-23-13-7-5-11-21(23)24;/h1-13H,14-18H2;1H. The molecule has 0 bridgehead atoms. The van der Waals surface area contributed by atoms with E-state index in [9.17, 15) is 0 Å². The summed E-state index contributed by atoms with van der Waals surface area (Å²) in [6.07, 6.45) is 2.41. The van der Waals surface area contributed by atoms with Crippen LogP contribution in [0.15, 0.2) is 88.7 Å². The lowest BCUT2D eigenvalue weighted by Gasteiger charge is -2.46. The van der Waals surface area contributed by atoms with Crippen LogP contribution in [-0.2, 0) is 12.0 Å². The van der Waals surface area contributed by atoms with Crippen LogP contribution in [0, 0.1) is 0 Å². The van der Waals surface area contributed by atoms with Gasteiger partial charge in [-0.15, -0.1) is 12.4 Å². The molecule has 0 radical (unpaired) electrons. The Labute approximate surface area is 172 Å². The zero-order valence-electron chi connectivity index (χ0n) is 15.3. The van der Waals surface area contributed by atoms with E-state index >= 15 is 0 Å². The molecular weight excluding hydrogens is 370 g/mol. The summed E-state index contributed by atoms with van der Waals surface area (Å²) in [6.45, 7) is 3.37. The van der Waals surface area contributed by atoms with E-state index < -0.39 is 0 Å². The van der Waals surface area contributed by atoms with Gasteiger partial charge in [-0.25, -0.2) is 0 Å². The van der Waals surface area contributed by atoms with Crippen LogP contribution in [0.5, 0.6) is 0 Å². The molecule has 3 aromatic carbocycles. The van der Waals surface area contributed by atoms with Crippen molar-refractivity contribution in [3.8, 4) is 0 Å². The topological polar surface area (TPSA) is 3.24 Å². The Bertz CT molecular complexity index is 869. The molecule has 0 aromatic heterocycles. The normalized spacial score (nSPS) is 17.6. The smallest absolute Gasteiger partial charge is 0.0249 e. The number of fused-ring (bicyclic) bond motifs is 4. The van der Waals surface area contributed by atoms with Crippen LogP contribution in [0.3, 0.4) is 0 Å². The lowest BCUT2D eigenvalue weighted by Crippen LogP contribution is -2.44. The second-order valence-corrected chi connectivity index (χ2v) is 8.52. The number of piperidine rings is 1. The Morgan fingerprint density at radius 1 is 0.704 bits per heavy atom. The summed E-state index contributed by atoms with van der Waals surface area (Å²) >= 11 is 1.94. The summed E-state index contributed by atoms with van der Waals surface area (Å²) in [6, 6.07) is 29.0. The average Bonchev–Trinajstić information content (AvgIpc) is 2.71. The molecule has 2 aliphatic heterocycles. The predicted molar refractivity (Wildman–Crippen MR) is 116 cm³/mol. The van der Waals surface area contributed by atoms with Crippen LogP contribution in [-0.4, -0.2) is 18.0 Å². The van der Waals surface area contributed by atoms with Crippen LogP contribution in [0.2, 0.25) is 0 Å². The van der Waals surface area contributed by atoms with Crippen LogP contribution < -0.4 is 0 Å². The van der Waals surface area contributed by atoms with Crippen molar-refractivity contribution in [2.75, 3.05) is 13.1 Å². The average molecular weight is 394 g/mol. The Hall–Kier alpha value is -1.74. The van der Waals surface area contributed by atoms with Crippen molar-refractivity contribution in [1.82, 2.24) is 4.90 Å². The summed E-state index contributed by atoms with van der Waals surface area (Å²) < 4.78 is 0. The van der Waals surface area contributed by atoms with E-state index in [0.717, 1.165) is 19.6 Å². The van der Waals surface area contributed by atoms with Crippen molar-refractivity contribution in [3.05, 3.63) is 95.6 Å². The van der Waals surface area contributed by atoms with Gasteiger partial charge < -0.3 is 0 Å². The first-order valence-electron chi connectivity index (χ1n) is 9.48. The molecule has 0 amide bonds. The first-order valence-corrected chi connectivity index (χ1v) is 10.3. The molecule has 2 heterocycles. The molecule has 0 atom stereocenters. The van der Waals surface area contributed by atoms with E-state index in [1.165, 1.54) is 28.2 Å². The molecule has 1 saturated heterocycles. The molecule has 0 unspecified atom stereocenters. The monoisotopic (exact) mass is 393 g/mol. The number of rotatable bonds is 2. The zero-order chi connectivity index (χ0) is 17.4. The maximum Gasteiger partial charge on any atom is 0.0249 e. The minimum absolute atomic E-state index is 0. The third kappa shape index (κ3) is 3.31. The van der Waals surface area contributed by atoms with Gasteiger partial charge in [-0.1, -0.05) is 78.5 Å². The highest BCUT2D eigenvalue weighted by molar-refractivity contribution is 7.99. The Kier molecular flexibility index (Phi) is 5.32. The van der Waals surface area contributed by atoms with Crippen molar-refractivity contribution in [1.29, 1.82) is 0 Å². The molecule has 138 valence electrons. The lowest BCUT2D eigenvalue weighted by atomic mass is 9.67. The van der Waals surface area contributed by atoms with Crippen molar-refractivity contribution in [2.45, 2.75) is 34.6 Å². The highest BCUT2D eigenvalue weighted by Crippen LogP contribution is 2.53. The molecule has 27 heavy (non-hydrogen) atoms. The second-order valence-electron chi connectivity index (χ2n) is 7.44. The molecular formula is C24H24ClNS. The van der Waals surface area contributed by atoms with Gasteiger partial charge in [-0.3, -0.25) is 4.90 Å². The molecule has 0 N–H and O–H groups in total. The van der Waals surface area contributed by atoms with Gasteiger partial charge in [-0.2, -0.15) is 0 Å². The van der Waals surface area contributed by atoms with Crippen LogP contribution in [0.25, 0.3) is 0 Å². The van der Waals surface area contributed by atoms with Gasteiger partial charge in [0.25, 0.3) is 0 Å². The van der Waals surface area contributed by atoms with E-state index in [4.69, 9.17) is 0 Å². The van der Waals surface area contributed by atoms with Gasteiger partial charge in [-0.05, 0) is 54.8 Å². The van der Waals surface area contributed by atoms with E-state index in [1.807, 2.05) is 11.8 Å². The van der Waals surface area contributed by atoms with Gasteiger partial charge in [0.1, 0.15) is 0 Å². The van der Waals surface area contributed by atoms with Crippen molar-refractivity contribution < 1.29 is 0 Å². The summed E-state index contributed by atoms with van der Waals surface area (Å²) in [5.74, 6) is 0. The molecule has 0 aliphatic carbocycles. The second kappa shape index (κ2) is 7.71. The minimum Gasteiger partial charge on any atom is -0.299 e. The maximum atomic E-state index is 2.62. The van der Waals surface area contributed by atoms with E-state index in [-0.39, 0.29) is 17.8 Å². The molecule has 5 rings (SSSR count). The highest BCUT2D eigenvalue weighted by atomic mass is 35.5. The van der Waals surface area contributed by atoms with Crippen molar-refractivity contribution in [2.24, 2.45) is 0 Å². The van der Waals surface area contributed by atoms with E-state index in [0.29, 0.717) is 0 Å². The lowest BCUT2D eigenvalue weighted by molar-refractivity contribution is 0.169. The number of benzene rings is 3. The number of hydrogen-bond donors (Lipinski definition) is 0. The quantitative estimate of drug-likeness (QED) is 0.513. The van der Waals surface area contributed by atoms with E-state index in [1.54, 1.807) is 11.1 Å². The fraction of sp³-hybridized carbons (Fsp3) is 0.250. The Morgan fingerprint density at radius 3 is 1.81 bits per heavy atom. The SMILES string of the molecule is Cl.c1ccc(CN2CCC3(CC2)c2ccccc2Sc2ccccc23)cc1. The molecule has 3 aromatic rings. The summed E-state index contributed by atoms with van der Waals surface area (Å²) in [7, 11) is 0. The minimum atomic E-state index is 0. The zero-order valence-corrected chi connectivity index (χ0v) is 16.9.